The maximum absolute atomic E-state index is 13.8. The fourth-order valence-corrected chi connectivity index (χ4v) is 2.76. The van der Waals surface area contributed by atoms with E-state index in [1.54, 1.807) is 0 Å². The van der Waals surface area contributed by atoms with Crippen molar-refractivity contribution in [2.75, 3.05) is 0 Å². The van der Waals surface area contributed by atoms with Crippen molar-refractivity contribution in [3.05, 3.63) is 35.4 Å². The second-order valence-electron chi connectivity index (χ2n) is 5.29. The first-order chi connectivity index (χ1) is 8.03. The van der Waals surface area contributed by atoms with Crippen LogP contribution in [-0.2, 0) is 5.54 Å². The van der Waals surface area contributed by atoms with Crippen LogP contribution in [0.1, 0.15) is 44.6 Å². The van der Waals surface area contributed by atoms with Crippen molar-refractivity contribution in [3.63, 3.8) is 0 Å². The highest BCUT2D eigenvalue weighted by Gasteiger charge is 2.34. The van der Waals surface area contributed by atoms with E-state index in [0.717, 1.165) is 19.3 Å². The van der Waals surface area contributed by atoms with Crippen LogP contribution < -0.4 is 5.73 Å². The monoisotopic (exact) mass is 239 g/mol. The van der Waals surface area contributed by atoms with Crippen LogP contribution in [0.15, 0.2) is 18.2 Å². The Bertz CT molecular complexity index is 385. The van der Waals surface area contributed by atoms with Crippen LogP contribution in [0.25, 0.3) is 0 Å². The molecule has 2 N–H and O–H groups in total. The average molecular weight is 239 g/mol. The summed E-state index contributed by atoms with van der Waals surface area (Å²) >= 11 is 0. The minimum atomic E-state index is -0.833. The first-order valence-corrected chi connectivity index (χ1v) is 6.26. The van der Waals surface area contributed by atoms with Crippen LogP contribution in [-0.4, -0.2) is 0 Å². The summed E-state index contributed by atoms with van der Waals surface area (Å²) in [6, 6.07) is 3.97. The maximum Gasteiger partial charge on any atom is 0.131 e. The third kappa shape index (κ3) is 2.49. The van der Waals surface area contributed by atoms with Crippen molar-refractivity contribution in [1.29, 1.82) is 0 Å². The fraction of sp³-hybridized carbons (Fsp3) is 0.571. The first kappa shape index (κ1) is 12.5. The predicted octanol–water partition coefficient (Wildman–Crippen LogP) is 3.72. The van der Waals surface area contributed by atoms with Gasteiger partial charge in [0.2, 0.25) is 0 Å². The van der Waals surface area contributed by atoms with E-state index in [1.165, 1.54) is 18.2 Å². The van der Waals surface area contributed by atoms with Crippen molar-refractivity contribution >= 4 is 0 Å². The van der Waals surface area contributed by atoms with Crippen molar-refractivity contribution in [2.24, 2.45) is 11.7 Å². The summed E-state index contributed by atoms with van der Waals surface area (Å²) < 4.78 is 27.6. The molecule has 2 atom stereocenters. The van der Waals surface area contributed by atoms with Gasteiger partial charge in [0.15, 0.2) is 0 Å². The highest BCUT2D eigenvalue weighted by atomic mass is 19.1. The second kappa shape index (κ2) is 4.73. The molecule has 1 aromatic rings. The molecule has 3 heteroatoms. The second-order valence-corrected chi connectivity index (χ2v) is 5.29. The van der Waals surface area contributed by atoms with Crippen LogP contribution in [0.3, 0.4) is 0 Å². The van der Waals surface area contributed by atoms with Gasteiger partial charge in [-0.2, -0.15) is 0 Å². The number of rotatable bonds is 1. The zero-order chi connectivity index (χ0) is 12.5. The molecule has 1 saturated carbocycles. The predicted molar refractivity (Wildman–Crippen MR) is 64.5 cm³/mol. The quantitative estimate of drug-likeness (QED) is 0.743. The van der Waals surface area contributed by atoms with E-state index in [2.05, 4.69) is 6.92 Å². The van der Waals surface area contributed by atoms with Gasteiger partial charge in [-0.25, -0.2) is 8.78 Å². The molecule has 94 valence electrons. The number of halogens is 2. The summed E-state index contributed by atoms with van der Waals surface area (Å²) in [5.41, 5.74) is 5.51. The largest absolute Gasteiger partial charge is 0.321 e. The maximum atomic E-state index is 13.8. The van der Waals surface area contributed by atoms with Gasteiger partial charge in [-0.05, 0) is 37.3 Å². The Hall–Kier alpha value is -0.960. The van der Waals surface area contributed by atoms with Gasteiger partial charge in [0.25, 0.3) is 0 Å². The Kier molecular flexibility index (Phi) is 3.48. The van der Waals surface area contributed by atoms with Gasteiger partial charge in [-0.1, -0.05) is 25.8 Å². The Morgan fingerprint density at radius 1 is 1.18 bits per heavy atom. The molecule has 0 aromatic heterocycles. The summed E-state index contributed by atoms with van der Waals surface area (Å²) in [6.45, 7) is 2.17. The zero-order valence-corrected chi connectivity index (χ0v) is 10.2. The minimum Gasteiger partial charge on any atom is -0.321 e. The lowest BCUT2D eigenvalue weighted by atomic mass is 9.83. The molecule has 0 saturated heterocycles. The third-order valence-corrected chi connectivity index (χ3v) is 3.86. The number of hydrogen-bond acceptors (Lipinski definition) is 1. The summed E-state index contributed by atoms with van der Waals surface area (Å²) in [4.78, 5) is 0. The molecule has 0 bridgehead atoms. The minimum absolute atomic E-state index is 0.0779. The normalized spacial score (nSPS) is 30.0. The molecule has 0 amide bonds. The molecule has 1 aliphatic rings. The third-order valence-electron chi connectivity index (χ3n) is 3.86. The number of benzene rings is 1. The number of hydrogen-bond donors (Lipinski definition) is 1. The van der Waals surface area contributed by atoms with Crippen molar-refractivity contribution < 1.29 is 8.78 Å². The molecule has 1 nitrogen and oxygen atoms in total. The smallest absolute Gasteiger partial charge is 0.131 e. The molecule has 1 fully saturated rings. The molecular weight excluding hydrogens is 220 g/mol. The Labute approximate surface area is 101 Å². The molecule has 0 radical (unpaired) electrons. The van der Waals surface area contributed by atoms with E-state index in [0.29, 0.717) is 18.8 Å². The molecule has 2 rings (SSSR count). The fourth-order valence-electron chi connectivity index (χ4n) is 2.76. The summed E-state index contributed by atoms with van der Waals surface area (Å²) in [5, 5.41) is 0. The van der Waals surface area contributed by atoms with Gasteiger partial charge >= 0.3 is 0 Å². The topological polar surface area (TPSA) is 26.0 Å². The van der Waals surface area contributed by atoms with E-state index >= 15 is 0 Å². The Balaban J connectivity index is 2.36. The van der Waals surface area contributed by atoms with Crippen molar-refractivity contribution in [1.82, 2.24) is 0 Å². The van der Waals surface area contributed by atoms with E-state index in [4.69, 9.17) is 5.73 Å². The lowest BCUT2D eigenvalue weighted by molar-refractivity contribution is 0.345. The molecule has 1 aromatic carbocycles. The van der Waals surface area contributed by atoms with Gasteiger partial charge in [0.1, 0.15) is 11.6 Å². The van der Waals surface area contributed by atoms with Crippen LogP contribution in [0.4, 0.5) is 8.78 Å². The van der Waals surface area contributed by atoms with Gasteiger partial charge < -0.3 is 5.73 Å². The number of nitrogens with two attached hydrogens (primary N) is 1. The highest BCUT2D eigenvalue weighted by molar-refractivity contribution is 5.28. The van der Waals surface area contributed by atoms with Gasteiger partial charge in [-0.15, -0.1) is 0 Å². The zero-order valence-electron chi connectivity index (χ0n) is 10.2. The Morgan fingerprint density at radius 3 is 2.47 bits per heavy atom. The molecular formula is C14H19F2N. The average Bonchev–Trinajstić information content (AvgIpc) is 2.41. The van der Waals surface area contributed by atoms with E-state index in [1.807, 2.05) is 0 Å². The highest BCUT2D eigenvalue weighted by Crippen LogP contribution is 2.37. The van der Waals surface area contributed by atoms with E-state index in [-0.39, 0.29) is 5.56 Å². The lowest BCUT2D eigenvalue weighted by Gasteiger charge is -2.29. The molecule has 0 spiro atoms. The Morgan fingerprint density at radius 2 is 1.82 bits per heavy atom. The van der Waals surface area contributed by atoms with Crippen molar-refractivity contribution in [2.45, 2.75) is 44.6 Å². The van der Waals surface area contributed by atoms with Crippen LogP contribution in [0.5, 0.6) is 0 Å². The van der Waals surface area contributed by atoms with Crippen LogP contribution in [0.2, 0.25) is 0 Å². The van der Waals surface area contributed by atoms with Crippen molar-refractivity contribution in [3.8, 4) is 0 Å². The molecule has 1 aliphatic carbocycles. The van der Waals surface area contributed by atoms with E-state index in [9.17, 15) is 8.78 Å². The SMILES string of the molecule is CC1CCCC(N)(c2c(F)cccc2F)CC1. The van der Waals surface area contributed by atoms with E-state index < -0.39 is 17.2 Å². The molecule has 2 unspecified atom stereocenters. The van der Waals surface area contributed by atoms with Crippen LogP contribution in [0, 0.1) is 17.6 Å². The summed E-state index contributed by atoms with van der Waals surface area (Å²) in [5.74, 6) is -0.431. The first-order valence-electron chi connectivity index (χ1n) is 6.26. The lowest BCUT2D eigenvalue weighted by Crippen LogP contribution is -2.38. The summed E-state index contributed by atoms with van der Waals surface area (Å²) in [6.07, 6.45) is 4.28. The van der Waals surface area contributed by atoms with Gasteiger partial charge in [-0.3, -0.25) is 0 Å². The summed E-state index contributed by atoms with van der Waals surface area (Å²) in [7, 11) is 0. The van der Waals surface area contributed by atoms with Gasteiger partial charge in [0, 0.05) is 11.1 Å². The van der Waals surface area contributed by atoms with Crippen LogP contribution >= 0.6 is 0 Å². The van der Waals surface area contributed by atoms with Gasteiger partial charge in [0.05, 0.1) is 0 Å². The molecule has 0 heterocycles. The molecule has 0 aliphatic heterocycles. The standard InChI is InChI=1S/C14H19F2N/c1-10-4-3-8-14(17,9-7-10)13-11(15)5-2-6-12(13)16/h2,5-6,10H,3-4,7-9,17H2,1H3. The molecule has 17 heavy (non-hydrogen) atoms.